The molecule has 0 radical (unpaired) electrons. The second kappa shape index (κ2) is 10.8. The summed E-state index contributed by atoms with van der Waals surface area (Å²) >= 11 is 0. The maximum absolute atomic E-state index is 15.8. The van der Waals surface area contributed by atoms with Crippen LogP contribution in [0.25, 0.3) is 0 Å². The van der Waals surface area contributed by atoms with E-state index in [0.29, 0.717) is 30.9 Å². The molecule has 1 atom stereocenters. The van der Waals surface area contributed by atoms with Gasteiger partial charge in [0.1, 0.15) is 18.0 Å². The van der Waals surface area contributed by atoms with Crippen molar-refractivity contribution in [2.75, 3.05) is 44.5 Å². The highest BCUT2D eigenvalue weighted by molar-refractivity contribution is 7.92. The van der Waals surface area contributed by atoms with Crippen molar-refractivity contribution in [1.29, 1.82) is 0 Å². The van der Waals surface area contributed by atoms with Crippen LogP contribution in [0, 0.1) is 11.7 Å². The van der Waals surface area contributed by atoms with E-state index in [2.05, 4.69) is 19.2 Å². The molecule has 1 saturated heterocycles. The van der Waals surface area contributed by atoms with Crippen molar-refractivity contribution < 1.29 is 31.8 Å². The quantitative estimate of drug-likeness (QED) is 0.371. The minimum absolute atomic E-state index is 0.0324. The second-order valence-electron chi connectivity index (χ2n) is 8.45. The maximum Gasteiger partial charge on any atom is 0.326 e. The Bertz CT molecular complexity index is 925. The molecule has 0 bridgehead atoms. The van der Waals surface area contributed by atoms with E-state index >= 15 is 4.39 Å². The van der Waals surface area contributed by atoms with E-state index in [9.17, 15) is 13.2 Å². The Morgan fingerprint density at radius 1 is 1.34 bits per heavy atom. The number of aryl methyl sites for hydroxylation is 1. The molecule has 0 spiro atoms. The molecule has 1 fully saturated rings. The number of rotatable bonds is 11. The largest absolute Gasteiger partial charge is 0.465 e. The van der Waals surface area contributed by atoms with Gasteiger partial charge in [-0.1, -0.05) is 13.8 Å². The number of fused-ring (bicyclic) bond motifs is 1. The molecular formula is C21H32FN3O6S. The molecule has 180 valence electrons. The van der Waals surface area contributed by atoms with Crippen LogP contribution in [0.15, 0.2) is 6.07 Å². The molecule has 1 heterocycles. The van der Waals surface area contributed by atoms with Gasteiger partial charge in [0.15, 0.2) is 12.6 Å². The summed E-state index contributed by atoms with van der Waals surface area (Å²) in [5, 5.41) is 3.47. The molecule has 2 N–H and O–H groups in total. The number of halogens is 1. The van der Waals surface area contributed by atoms with E-state index in [1.807, 2.05) is 4.72 Å². The van der Waals surface area contributed by atoms with Crippen molar-refractivity contribution in [3.05, 3.63) is 23.0 Å². The van der Waals surface area contributed by atoms with Crippen LogP contribution in [-0.2, 0) is 37.3 Å². The molecule has 0 aromatic heterocycles. The average Bonchev–Trinajstić information content (AvgIpc) is 2.99. The lowest BCUT2D eigenvalue weighted by atomic mass is 9.87. The number of ether oxygens (including phenoxy) is 3. The molecule has 0 unspecified atom stereocenters. The zero-order valence-electron chi connectivity index (χ0n) is 18.8. The lowest BCUT2D eigenvalue weighted by Gasteiger charge is -2.29. The molecule has 1 aromatic rings. The minimum atomic E-state index is -4.20. The van der Waals surface area contributed by atoms with E-state index in [-0.39, 0.29) is 30.9 Å². The molecule has 2 aliphatic rings. The Morgan fingerprint density at radius 3 is 2.78 bits per heavy atom. The zero-order valence-corrected chi connectivity index (χ0v) is 19.6. The molecule has 0 saturated carbocycles. The summed E-state index contributed by atoms with van der Waals surface area (Å²) in [6.45, 7) is 5.06. The lowest BCUT2D eigenvalue weighted by Crippen LogP contribution is -2.37. The van der Waals surface area contributed by atoms with Crippen molar-refractivity contribution in [2.45, 2.75) is 45.6 Å². The van der Waals surface area contributed by atoms with Crippen molar-refractivity contribution in [3.8, 4) is 5.75 Å². The number of nitrogens with zero attached hydrogens (tertiary/aromatic N) is 1. The fourth-order valence-corrected chi connectivity index (χ4v) is 5.03. The number of hydrogen-bond acceptors (Lipinski definition) is 7. The number of hydrogen-bond donors (Lipinski definition) is 2. The predicted molar refractivity (Wildman–Crippen MR) is 117 cm³/mol. The second-order valence-corrected chi connectivity index (χ2v) is 10.0. The topological polar surface area (TPSA) is 106 Å². The van der Waals surface area contributed by atoms with Crippen molar-refractivity contribution in [3.63, 3.8) is 0 Å². The summed E-state index contributed by atoms with van der Waals surface area (Å²) in [4.78, 5) is 11.8. The van der Waals surface area contributed by atoms with Gasteiger partial charge in [-0.25, -0.2) is 13.4 Å². The van der Waals surface area contributed by atoms with Crippen molar-refractivity contribution in [1.82, 2.24) is 10.0 Å². The molecule has 11 heteroatoms. The van der Waals surface area contributed by atoms with Gasteiger partial charge in [0.25, 0.3) is 5.91 Å². The standard InChI is InChI=1S/C21H32FN3O6S/c1-14(2)6-7-23-16-5-4-15-10-18(31-13-30-9-8-29-3)21(20(22)17(15)11-16)25-12-19(26)24-32(25,27)28/h10,14,16,23H,4-9,11-13H2,1-3H3,(H,24,26)/t16-/m0/s1. The SMILES string of the molecule is COCCOCOc1cc2c(c(F)c1N1CC(=O)NS1(=O)=O)C[C@@H](NCCC(C)C)CC2. The van der Waals surface area contributed by atoms with E-state index in [4.69, 9.17) is 14.2 Å². The highest BCUT2D eigenvalue weighted by Gasteiger charge is 2.39. The highest BCUT2D eigenvalue weighted by atomic mass is 32.2. The van der Waals surface area contributed by atoms with Crippen LogP contribution in [0.5, 0.6) is 5.75 Å². The van der Waals surface area contributed by atoms with Crippen LogP contribution in [0.1, 0.15) is 37.8 Å². The molecular weight excluding hydrogens is 441 g/mol. The average molecular weight is 474 g/mol. The Balaban J connectivity index is 1.88. The summed E-state index contributed by atoms with van der Waals surface area (Å²) in [7, 11) is -2.66. The number of carbonyl (C=O) groups excluding carboxylic acids is 1. The van der Waals surface area contributed by atoms with Crippen LogP contribution in [0.3, 0.4) is 0 Å². The molecule has 3 rings (SSSR count). The number of carbonyl (C=O) groups is 1. The first-order chi connectivity index (χ1) is 15.2. The van der Waals surface area contributed by atoms with Gasteiger partial charge in [0, 0.05) is 13.2 Å². The van der Waals surface area contributed by atoms with E-state index in [1.165, 1.54) is 7.11 Å². The van der Waals surface area contributed by atoms with Gasteiger partial charge in [-0.3, -0.25) is 4.79 Å². The number of methoxy groups -OCH3 is 1. The zero-order chi connectivity index (χ0) is 23.3. The Hall–Kier alpha value is -1.95. The van der Waals surface area contributed by atoms with Crippen molar-refractivity contribution >= 4 is 21.8 Å². The lowest BCUT2D eigenvalue weighted by molar-refractivity contribution is -0.117. The van der Waals surface area contributed by atoms with Gasteiger partial charge >= 0.3 is 10.2 Å². The van der Waals surface area contributed by atoms with Gasteiger partial charge in [0.2, 0.25) is 0 Å². The normalized spacial score (nSPS) is 19.8. The fraction of sp³-hybridized carbons (Fsp3) is 0.667. The van der Waals surface area contributed by atoms with Gasteiger partial charge in [-0.15, -0.1) is 0 Å². The third-order valence-electron chi connectivity index (χ3n) is 5.57. The van der Waals surface area contributed by atoms with Crippen molar-refractivity contribution in [2.24, 2.45) is 5.92 Å². The van der Waals surface area contributed by atoms with Crippen LogP contribution >= 0.6 is 0 Å². The van der Waals surface area contributed by atoms with Crippen LogP contribution in [0.2, 0.25) is 0 Å². The van der Waals surface area contributed by atoms with E-state index in [0.717, 1.165) is 29.3 Å². The smallest absolute Gasteiger partial charge is 0.326 e. The molecule has 1 aliphatic carbocycles. The number of benzene rings is 1. The molecule has 1 aliphatic heterocycles. The van der Waals surface area contributed by atoms with Crippen LogP contribution in [-0.4, -0.2) is 60.6 Å². The van der Waals surface area contributed by atoms with E-state index in [1.54, 1.807) is 6.07 Å². The predicted octanol–water partition coefficient (Wildman–Crippen LogP) is 1.50. The molecule has 9 nitrogen and oxygen atoms in total. The highest BCUT2D eigenvalue weighted by Crippen LogP contribution is 2.40. The molecule has 1 aromatic carbocycles. The summed E-state index contributed by atoms with van der Waals surface area (Å²) < 4.78 is 59.1. The number of amides is 1. The Morgan fingerprint density at radius 2 is 2.12 bits per heavy atom. The first kappa shape index (κ1) is 24.7. The number of nitrogens with one attached hydrogen (secondary N) is 2. The maximum atomic E-state index is 15.8. The summed E-state index contributed by atoms with van der Waals surface area (Å²) in [6.07, 6.45) is 2.94. The van der Waals surface area contributed by atoms with Gasteiger partial charge in [-0.05, 0) is 55.3 Å². The molecule has 32 heavy (non-hydrogen) atoms. The first-order valence-electron chi connectivity index (χ1n) is 10.8. The minimum Gasteiger partial charge on any atom is -0.465 e. The summed E-state index contributed by atoms with van der Waals surface area (Å²) in [5.74, 6) is -0.801. The molecule has 1 amide bonds. The van der Waals surface area contributed by atoms with Gasteiger partial charge in [0.05, 0.1) is 13.2 Å². The van der Waals surface area contributed by atoms with E-state index < -0.39 is 28.5 Å². The third kappa shape index (κ3) is 5.89. The van der Waals surface area contributed by atoms with Gasteiger partial charge < -0.3 is 19.5 Å². The fourth-order valence-electron chi connectivity index (χ4n) is 3.87. The first-order valence-corrected chi connectivity index (χ1v) is 12.3. The summed E-state index contributed by atoms with van der Waals surface area (Å²) in [5.41, 5.74) is 0.965. The summed E-state index contributed by atoms with van der Waals surface area (Å²) in [6, 6.07) is 1.76. The van der Waals surface area contributed by atoms with Crippen LogP contribution < -0.4 is 19.1 Å². The number of anilines is 1. The van der Waals surface area contributed by atoms with Gasteiger partial charge in [-0.2, -0.15) is 8.42 Å². The third-order valence-corrected chi connectivity index (χ3v) is 6.94. The Labute approximate surface area is 188 Å². The monoisotopic (exact) mass is 473 g/mol. The van der Waals surface area contributed by atoms with Crippen LogP contribution in [0.4, 0.5) is 10.1 Å². The Kier molecular flexibility index (Phi) is 8.32.